The summed E-state index contributed by atoms with van der Waals surface area (Å²) in [4.78, 5) is 14.2. The Hall–Kier alpha value is -2.82. The second-order valence-electron chi connectivity index (χ2n) is 9.77. The molecule has 0 radical (unpaired) electrons. The predicted molar refractivity (Wildman–Crippen MR) is 128 cm³/mol. The molecule has 1 saturated heterocycles. The Morgan fingerprint density at radius 3 is 2.48 bits per heavy atom. The van der Waals surface area contributed by atoms with Crippen LogP contribution in [0.3, 0.4) is 0 Å². The van der Waals surface area contributed by atoms with Crippen LogP contribution in [-0.2, 0) is 6.42 Å². The molecular weight excluding hydrogens is 382 g/mol. The van der Waals surface area contributed by atoms with Crippen LogP contribution >= 0.6 is 0 Å². The van der Waals surface area contributed by atoms with Crippen LogP contribution in [0.4, 0.5) is 11.5 Å². The quantitative estimate of drug-likeness (QED) is 0.765. The fraction of sp³-hybridized carbons (Fsp3) is 0.462. The number of benzene rings is 1. The standard InChI is InChI=1S/C26H33N5/c1-17-6-7-22(18(2)14-17)31-12-10-30(11-13-31)20(4)23-19(3)15-21-24(23)25(28-16-27-21)29-26(5)8-9-26/h6-7,14,16H,4,8-13,15H2,1-3,5H3,(H,27,28,29). The van der Waals surface area contributed by atoms with Crippen molar-refractivity contribution in [2.24, 2.45) is 0 Å². The molecule has 1 aromatic carbocycles. The van der Waals surface area contributed by atoms with Crippen molar-refractivity contribution in [2.45, 2.75) is 52.5 Å². The minimum Gasteiger partial charge on any atom is -0.368 e. The van der Waals surface area contributed by atoms with E-state index in [-0.39, 0.29) is 5.54 Å². The van der Waals surface area contributed by atoms with Gasteiger partial charge in [0.25, 0.3) is 0 Å². The van der Waals surface area contributed by atoms with Crippen LogP contribution in [-0.4, -0.2) is 46.6 Å². The Morgan fingerprint density at radius 1 is 1.06 bits per heavy atom. The summed E-state index contributed by atoms with van der Waals surface area (Å²) in [6, 6.07) is 6.76. The van der Waals surface area contributed by atoms with Crippen molar-refractivity contribution in [3.8, 4) is 0 Å². The normalized spacial score (nSPS) is 19.5. The second-order valence-corrected chi connectivity index (χ2v) is 9.77. The molecule has 1 aromatic heterocycles. The molecule has 2 fully saturated rings. The lowest BCUT2D eigenvalue weighted by atomic mass is 10.0. The molecule has 5 rings (SSSR count). The van der Waals surface area contributed by atoms with Crippen LogP contribution < -0.4 is 10.2 Å². The van der Waals surface area contributed by atoms with E-state index in [0.717, 1.165) is 49.8 Å². The summed E-state index contributed by atoms with van der Waals surface area (Å²) < 4.78 is 0. The highest BCUT2D eigenvalue weighted by atomic mass is 15.3. The summed E-state index contributed by atoms with van der Waals surface area (Å²) in [5.41, 5.74) is 10.2. The number of allylic oxidation sites excluding steroid dienone is 2. The Labute approximate surface area is 185 Å². The van der Waals surface area contributed by atoms with Crippen LogP contribution in [0.2, 0.25) is 0 Å². The van der Waals surface area contributed by atoms with Crippen molar-refractivity contribution >= 4 is 17.1 Å². The smallest absolute Gasteiger partial charge is 0.138 e. The number of aromatic nitrogens is 2. The fourth-order valence-electron chi connectivity index (χ4n) is 4.99. The first-order valence-electron chi connectivity index (χ1n) is 11.4. The molecule has 5 heteroatoms. The van der Waals surface area contributed by atoms with Crippen molar-refractivity contribution in [3.05, 3.63) is 64.8 Å². The third-order valence-corrected chi connectivity index (χ3v) is 7.10. The van der Waals surface area contributed by atoms with Gasteiger partial charge in [-0.3, -0.25) is 0 Å². The monoisotopic (exact) mass is 415 g/mol. The van der Waals surface area contributed by atoms with E-state index in [4.69, 9.17) is 0 Å². The number of hydrogen-bond donors (Lipinski definition) is 1. The summed E-state index contributed by atoms with van der Waals surface area (Å²) in [7, 11) is 0. The van der Waals surface area contributed by atoms with Gasteiger partial charge in [0.15, 0.2) is 0 Å². The highest BCUT2D eigenvalue weighted by Crippen LogP contribution is 2.44. The van der Waals surface area contributed by atoms with Crippen molar-refractivity contribution in [1.29, 1.82) is 0 Å². The molecule has 0 bridgehead atoms. The zero-order valence-corrected chi connectivity index (χ0v) is 19.3. The number of piperazine rings is 1. The van der Waals surface area contributed by atoms with Crippen molar-refractivity contribution in [1.82, 2.24) is 14.9 Å². The molecule has 31 heavy (non-hydrogen) atoms. The summed E-state index contributed by atoms with van der Waals surface area (Å²) >= 11 is 0. The molecule has 3 aliphatic rings. The van der Waals surface area contributed by atoms with E-state index in [1.807, 2.05) is 0 Å². The van der Waals surface area contributed by atoms with Gasteiger partial charge < -0.3 is 15.1 Å². The molecule has 0 spiro atoms. The van der Waals surface area contributed by atoms with E-state index in [1.165, 1.54) is 46.4 Å². The van der Waals surface area contributed by atoms with E-state index in [9.17, 15) is 0 Å². The summed E-state index contributed by atoms with van der Waals surface area (Å²) in [6.07, 6.45) is 4.99. The Morgan fingerprint density at radius 2 is 1.81 bits per heavy atom. The van der Waals surface area contributed by atoms with Gasteiger partial charge in [0.05, 0.1) is 5.69 Å². The Bertz CT molecular complexity index is 1070. The highest BCUT2D eigenvalue weighted by molar-refractivity contribution is 5.90. The SMILES string of the molecule is C=C(C1=C(C)Cc2ncnc(NC3(C)CC3)c21)N1CCN(c2ccc(C)cc2C)CC1. The minimum absolute atomic E-state index is 0.183. The number of anilines is 2. The van der Waals surface area contributed by atoms with Crippen LogP contribution in [0.15, 0.2) is 42.4 Å². The third-order valence-electron chi connectivity index (χ3n) is 7.10. The zero-order chi connectivity index (χ0) is 21.8. The topological polar surface area (TPSA) is 44.3 Å². The van der Waals surface area contributed by atoms with Crippen LogP contribution in [0.1, 0.15) is 49.1 Å². The van der Waals surface area contributed by atoms with Crippen molar-refractivity contribution in [2.75, 3.05) is 36.4 Å². The summed E-state index contributed by atoms with van der Waals surface area (Å²) in [6.45, 7) is 17.4. The average Bonchev–Trinajstić information content (AvgIpc) is 3.36. The molecule has 2 heterocycles. The van der Waals surface area contributed by atoms with E-state index >= 15 is 0 Å². The van der Waals surface area contributed by atoms with Gasteiger partial charge in [0, 0.05) is 60.7 Å². The first-order valence-corrected chi connectivity index (χ1v) is 11.4. The molecule has 5 nitrogen and oxygen atoms in total. The average molecular weight is 416 g/mol. The van der Waals surface area contributed by atoms with Gasteiger partial charge >= 0.3 is 0 Å². The maximum absolute atomic E-state index is 4.63. The third kappa shape index (κ3) is 3.71. The van der Waals surface area contributed by atoms with Gasteiger partial charge in [0.1, 0.15) is 12.1 Å². The number of nitrogens with zero attached hydrogens (tertiary/aromatic N) is 4. The lowest BCUT2D eigenvalue weighted by molar-refractivity contribution is 0.334. The number of fused-ring (bicyclic) bond motifs is 1. The summed E-state index contributed by atoms with van der Waals surface area (Å²) in [5, 5.41) is 3.69. The molecule has 0 unspecified atom stereocenters. The maximum atomic E-state index is 4.63. The molecule has 1 aliphatic heterocycles. The molecule has 2 aliphatic carbocycles. The Balaban J connectivity index is 1.35. The largest absolute Gasteiger partial charge is 0.368 e. The zero-order valence-electron chi connectivity index (χ0n) is 19.3. The van der Waals surface area contributed by atoms with E-state index in [2.05, 4.69) is 77.6 Å². The first kappa shape index (κ1) is 20.1. The van der Waals surface area contributed by atoms with E-state index in [1.54, 1.807) is 6.33 Å². The van der Waals surface area contributed by atoms with Gasteiger partial charge in [-0.1, -0.05) is 29.8 Å². The lowest BCUT2D eigenvalue weighted by Gasteiger charge is -2.39. The van der Waals surface area contributed by atoms with Crippen molar-refractivity contribution < 1.29 is 0 Å². The molecule has 0 atom stereocenters. The van der Waals surface area contributed by atoms with E-state index in [0.29, 0.717) is 0 Å². The number of hydrogen-bond acceptors (Lipinski definition) is 5. The highest BCUT2D eigenvalue weighted by Gasteiger charge is 2.39. The molecule has 2 aromatic rings. The van der Waals surface area contributed by atoms with Crippen molar-refractivity contribution in [3.63, 3.8) is 0 Å². The minimum atomic E-state index is 0.183. The summed E-state index contributed by atoms with van der Waals surface area (Å²) in [5.74, 6) is 0.979. The number of aryl methyl sites for hydroxylation is 2. The molecule has 1 N–H and O–H groups in total. The molecule has 162 valence electrons. The van der Waals surface area contributed by atoms with E-state index < -0.39 is 0 Å². The fourth-order valence-corrected chi connectivity index (χ4v) is 4.99. The van der Waals surface area contributed by atoms with Gasteiger partial charge in [-0.05, 0) is 52.2 Å². The maximum Gasteiger partial charge on any atom is 0.138 e. The predicted octanol–water partition coefficient (Wildman–Crippen LogP) is 4.72. The van der Waals surface area contributed by atoms with Gasteiger partial charge in [-0.15, -0.1) is 0 Å². The molecular formula is C26H33N5. The number of nitrogens with one attached hydrogen (secondary N) is 1. The van der Waals surface area contributed by atoms with Gasteiger partial charge in [-0.25, -0.2) is 9.97 Å². The lowest BCUT2D eigenvalue weighted by Crippen LogP contribution is -2.46. The van der Waals surface area contributed by atoms with Gasteiger partial charge in [-0.2, -0.15) is 0 Å². The first-order chi connectivity index (χ1) is 14.8. The van der Waals surface area contributed by atoms with Gasteiger partial charge in [0.2, 0.25) is 0 Å². The number of rotatable bonds is 5. The molecule has 1 saturated carbocycles. The Kier molecular flexibility index (Phi) is 4.80. The molecule has 0 amide bonds. The van der Waals surface area contributed by atoms with Crippen LogP contribution in [0.5, 0.6) is 0 Å². The van der Waals surface area contributed by atoms with Crippen LogP contribution in [0.25, 0.3) is 5.57 Å². The second kappa shape index (κ2) is 7.40. The van der Waals surface area contributed by atoms with Crippen LogP contribution in [0, 0.1) is 13.8 Å².